The van der Waals surface area contributed by atoms with Gasteiger partial charge in [0.25, 0.3) is 5.91 Å². The lowest BCUT2D eigenvalue weighted by Gasteiger charge is -2.31. The Kier molecular flexibility index (Phi) is 4.68. The molecule has 0 aromatic heterocycles. The van der Waals surface area contributed by atoms with Crippen LogP contribution in [-0.2, 0) is 10.0 Å². The van der Waals surface area contributed by atoms with Gasteiger partial charge in [0.15, 0.2) is 0 Å². The third kappa shape index (κ3) is 3.44. The molecule has 0 spiro atoms. The molecular weight excluding hydrogens is 288 g/mol. The van der Waals surface area contributed by atoms with E-state index >= 15 is 0 Å². The van der Waals surface area contributed by atoms with Gasteiger partial charge in [0.1, 0.15) is 0 Å². The zero-order valence-corrected chi connectivity index (χ0v) is 13.6. The molecule has 0 aliphatic carbocycles. The Labute approximate surface area is 126 Å². The van der Waals surface area contributed by atoms with Crippen LogP contribution in [0.3, 0.4) is 0 Å². The zero-order chi connectivity index (χ0) is 15.6. The van der Waals surface area contributed by atoms with Gasteiger partial charge in [-0.2, -0.15) is 0 Å². The van der Waals surface area contributed by atoms with Crippen LogP contribution in [0.15, 0.2) is 29.2 Å². The number of nitrogens with zero attached hydrogens (tertiary/aromatic N) is 2. The second-order valence-corrected chi connectivity index (χ2v) is 7.97. The lowest BCUT2D eigenvalue weighted by Crippen LogP contribution is -2.39. The van der Waals surface area contributed by atoms with Crippen LogP contribution in [0.2, 0.25) is 0 Å². The molecule has 0 bridgehead atoms. The Morgan fingerprint density at radius 1 is 1.33 bits per heavy atom. The predicted molar refractivity (Wildman–Crippen MR) is 81.6 cm³/mol. The Morgan fingerprint density at radius 3 is 2.67 bits per heavy atom. The summed E-state index contributed by atoms with van der Waals surface area (Å²) in [7, 11) is -0.547. The molecule has 1 aromatic rings. The van der Waals surface area contributed by atoms with Gasteiger partial charge in [-0.15, -0.1) is 0 Å². The monoisotopic (exact) mass is 310 g/mol. The van der Waals surface area contributed by atoms with Crippen molar-refractivity contribution in [3.63, 3.8) is 0 Å². The molecule has 116 valence electrons. The lowest BCUT2D eigenvalue weighted by molar-refractivity contribution is 0.0683. The molecule has 0 N–H and O–H groups in total. The summed E-state index contributed by atoms with van der Waals surface area (Å²) in [5.74, 6) is 0.411. The number of likely N-dealkylation sites (tertiary alicyclic amines) is 1. The summed E-state index contributed by atoms with van der Waals surface area (Å²) in [5.41, 5.74) is 0.437. The van der Waals surface area contributed by atoms with Gasteiger partial charge in [0.2, 0.25) is 10.0 Å². The first-order valence-electron chi connectivity index (χ1n) is 7.14. The highest BCUT2D eigenvalue weighted by Crippen LogP contribution is 2.20. The van der Waals surface area contributed by atoms with Crippen molar-refractivity contribution >= 4 is 15.9 Å². The number of carbonyl (C=O) groups is 1. The molecule has 1 aliphatic rings. The highest BCUT2D eigenvalue weighted by atomic mass is 32.2. The van der Waals surface area contributed by atoms with E-state index in [-0.39, 0.29) is 10.8 Å². The van der Waals surface area contributed by atoms with E-state index in [1.54, 1.807) is 12.1 Å². The highest BCUT2D eigenvalue weighted by molar-refractivity contribution is 7.89. The van der Waals surface area contributed by atoms with E-state index in [1.165, 1.54) is 26.2 Å². The predicted octanol–water partition coefficient (Wildman–Crippen LogP) is 1.81. The fourth-order valence-corrected chi connectivity index (χ4v) is 3.50. The summed E-state index contributed by atoms with van der Waals surface area (Å²) >= 11 is 0. The van der Waals surface area contributed by atoms with E-state index in [1.807, 2.05) is 4.90 Å². The van der Waals surface area contributed by atoms with Crippen molar-refractivity contribution in [1.29, 1.82) is 0 Å². The Morgan fingerprint density at radius 2 is 2.05 bits per heavy atom. The second-order valence-electron chi connectivity index (χ2n) is 5.81. The molecule has 1 aromatic carbocycles. The third-order valence-electron chi connectivity index (χ3n) is 3.80. The number of rotatable bonds is 3. The molecule has 0 saturated carbocycles. The SMILES string of the molecule is C[C@@H]1CCCN(C(=O)c2cccc(S(=O)(=O)N(C)C)c2)C1. The molecule has 0 radical (unpaired) electrons. The average molecular weight is 310 g/mol. The molecule has 5 nitrogen and oxygen atoms in total. The molecule has 1 aliphatic heterocycles. The molecule has 1 amide bonds. The third-order valence-corrected chi connectivity index (χ3v) is 5.61. The average Bonchev–Trinajstić information content (AvgIpc) is 2.46. The lowest BCUT2D eigenvalue weighted by atomic mass is 9.99. The summed E-state index contributed by atoms with van der Waals surface area (Å²) in [5, 5.41) is 0. The smallest absolute Gasteiger partial charge is 0.253 e. The molecule has 2 rings (SSSR count). The molecule has 0 unspecified atom stereocenters. The molecule has 21 heavy (non-hydrogen) atoms. The van der Waals surface area contributed by atoms with Gasteiger partial charge >= 0.3 is 0 Å². The van der Waals surface area contributed by atoms with Gasteiger partial charge < -0.3 is 4.90 Å². The van der Waals surface area contributed by atoms with Crippen molar-refractivity contribution in [2.75, 3.05) is 27.2 Å². The van der Waals surface area contributed by atoms with E-state index in [4.69, 9.17) is 0 Å². The minimum atomic E-state index is -3.51. The standard InChI is InChI=1S/C15H22N2O3S/c1-12-6-5-9-17(11-12)15(18)13-7-4-8-14(10-13)21(19,20)16(2)3/h4,7-8,10,12H,5-6,9,11H2,1-3H3/t12-/m1/s1. The topological polar surface area (TPSA) is 57.7 Å². The van der Waals surface area contributed by atoms with Crippen LogP contribution in [0.1, 0.15) is 30.1 Å². The van der Waals surface area contributed by atoms with E-state index in [2.05, 4.69) is 6.92 Å². The summed E-state index contributed by atoms with van der Waals surface area (Å²) in [6.07, 6.45) is 2.14. The van der Waals surface area contributed by atoms with Gasteiger partial charge in [0.05, 0.1) is 4.90 Å². The Bertz CT molecular complexity index is 626. The van der Waals surface area contributed by atoms with Crippen LogP contribution in [0, 0.1) is 5.92 Å². The fraction of sp³-hybridized carbons (Fsp3) is 0.533. The van der Waals surface area contributed by atoms with Crippen LogP contribution in [0.25, 0.3) is 0 Å². The Hall–Kier alpha value is -1.40. The number of hydrogen-bond acceptors (Lipinski definition) is 3. The fourth-order valence-electron chi connectivity index (χ4n) is 2.56. The van der Waals surface area contributed by atoms with Crippen LogP contribution < -0.4 is 0 Å². The summed E-state index contributed by atoms with van der Waals surface area (Å²) < 4.78 is 25.4. The van der Waals surface area contributed by atoms with Crippen molar-refractivity contribution in [3.8, 4) is 0 Å². The van der Waals surface area contributed by atoms with Crippen molar-refractivity contribution in [2.45, 2.75) is 24.7 Å². The number of hydrogen-bond donors (Lipinski definition) is 0. The van der Waals surface area contributed by atoms with Crippen molar-refractivity contribution < 1.29 is 13.2 Å². The van der Waals surface area contributed by atoms with E-state index in [9.17, 15) is 13.2 Å². The van der Waals surface area contributed by atoms with E-state index in [0.29, 0.717) is 11.5 Å². The first-order valence-corrected chi connectivity index (χ1v) is 8.58. The second kappa shape index (κ2) is 6.15. The van der Waals surface area contributed by atoms with Crippen molar-refractivity contribution in [3.05, 3.63) is 29.8 Å². The number of piperidine rings is 1. The molecule has 1 saturated heterocycles. The quantitative estimate of drug-likeness (QED) is 0.855. The van der Waals surface area contributed by atoms with Crippen LogP contribution >= 0.6 is 0 Å². The van der Waals surface area contributed by atoms with Gasteiger partial charge in [-0.1, -0.05) is 13.0 Å². The molecule has 1 fully saturated rings. The molecular formula is C15H22N2O3S. The highest BCUT2D eigenvalue weighted by Gasteiger charge is 2.24. The maximum absolute atomic E-state index is 12.5. The number of carbonyl (C=O) groups excluding carboxylic acids is 1. The van der Waals surface area contributed by atoms with Gasteiger partial charge in [-0.05, 0) is 37.0 Å². The van der Waals surface area contributed by atoms with E-state index in [0.717, 1.165) is 30.2 Å². The normalized spacial score (nSPS) is 19.8. The minimum Gasteiger partial charge on any atom is -0.338 e. The first kappa shape index (κ1) is 16.0. The first-order chi connectivity index (χ1) is 9.82. The van der Waals surface area contributed by atoms with Crippen molar-refractivity contribution in [2.24, 2.45) is 5.92 Å². The summed E-state index contributed by atoms with van der Waals surface area (Å²) in [6, 6.07) is 6.29. The van der Waals surface area contributed by atoms with Gasteiger partial charge in [-0.25, -0.2) is 12.7 Å². The number of sulfonamides is 1. The van der Waals surface area contributed by atoms with Crippen LogP contribution in [0.5, 0.6) is 0 Å². The summed E-state index contributed by atoms with van der Waals surface area (Å²) in [6.45, 7) is 3.61. The number of amides is 1. The molecule has 1 heterocycles. The minimum absolute atomic E-state index is 0.0858. The van der Waals surface area contributed by atoms with Crippen LogP contribution in [-0.4, -0.2) is 50.7 Å². The Balaban J connectivity index is 2.27. The van der Waals surface area contributed by atoms with Crippen molar-refractivity contribution in [1.82, 2.24) is 9.21 Å². The van der Waals surface area contributed by atoms with Gasteiger partial charge in [0, 0.05) is 32.7 Å². The molecule has 1 atom stereocenters. The number of benzene rings is 1. The van der Waals surface area contributed by atoms with Gasteiger partial charge in [-0.3, -0.25) is 4.79 Å². The van der Waals surface area contributed by atoms with E-state index < -0.39 is 10.0 Å². The maximum atomic E-state index is 12.5. The molecule has 6 heteroatoms. The maximum Gasteiger partial charge on any atom is 0.253 e. The van der Waals surface area contributed by atoms with Crippen LogP contribution in [0.4, 0.5) is 0 Å². The zero-order valence-electron chi connectivity index (χ0n) is 12.7. The largest absolute Gasteiger partial charge is 0.338 e. The summed E-state index contributed by atoms with van der Waals surface area (Å²) in [4.78, 5) is 14.5.